The van der Waals surface area contributed by atoms with Crippen molar-refractivity contribution in [3.8, 4) is 11.3 Å². The van der Waals surface area contributed by atoms with Crippen LogP contribution >= 0.6 is 0 Å². The number of nitrogens with one attached hydrogen (secondary N) is 3. The number of fused-ring (bicyclic) bond motifs is 1. The first kappa shape index (κ1) is 27.4. The monoisotopic (exact) mass is 554 g/mol. The topological polar surface area (TPSA) is 138 Å². The summed E-state index contributed by atoms with van der Waals surface area (Å²) >= 11 is 0. The van der Waals surface area contributed by atoms with Crippen LogP contribution in [0.4, 0.5) is 10.5 Å². The van der Waals surface area contributed by atoms with Crippen LogP contribution in [0.3, 0.4) is 0 Å². The number of anilines is 1. The van der Waals surface area contributed by atoms with Crippen molar-refractivity contribution in [3.63, 3.8) is 0 Å². The van der Waals surface area contributed by atoms with E-state index in [0.717, 1.165) is 28.1 Å². The Balaban J connectivity index is 1.26. The van der Waals surface area contributed by atoms with Crippen molar-refractivity contribution < 1.29 is 23.9 Å². The summed E-state index contributed by atoms with van der Waals surface area (Å²) in [6.07, 6.45) is 2.10. The molecule has 11 nitrogen and oxygen atoms in total. The lowest BCUT2D eigenvalue weighted by Crippen LogP contribution is -2.40. The average Bonchev–Trinajstić information content (AvgIpc) is 3.70. The zero-order valence-electron chi connectivity index (χ0n) is 22.6. The molecule has 0 radical (unpaired) electrons. The number of aromatic amines is 1. The van der Waals surface area contributed by atoms with Crippen LogP contribution in [0.1, 0.15) is 37.7 Å². The molecule has 0 bridgehead atoms. The first-order chi connectivity index (χ1) is 19.9. The van der Waals surface area contributed by atoms with E-state index in [1.54, 1.807) is 23.9 Å². The lowest BCUT2D eigenvalue weighted by molar-refractivity contribution is -0.115. The molecule has 0 aliphatic carbocycles. The zero-order valence-corrected chi connectivity index (χ0v) is 22.6. The van der Waals surface area contributed by atoms with Crippen molar-refractivity contribution in [2.45, 2.75) is 26.5 Å². The molecule has 0 unspecified atom stereocenters. The molecule has 210 valence electrons. The molecule has 4 aromatic rings. The number of H-pyrrole nitrogens is 1. The molecule has 41 heavy (non-hydrogen) atoms. The molecule has 11 heteroatoms. The summed E-state index contributed by atoms with van der Waals surface area (Å²) in [5.74, 6) is -0.440. The summed E-state index contributed by atoms with van der Waals surface area (Å²) in [7, 11) is 0. The molecule has 0 fully saturated rings. The predicted molar refractivity (Wildman–Crippen MR) is 151 cm³/mol. The first-order valence-corrected chi connectivity index (χ1v) is 13.2. The number of aromatic nitrogens is 3. The van der Waals surface area contributed by atoms with Gasteiger partial charge >= 0.3 is 6.09 Å². The van der Waals surface area contributed by atoms with Crippen LogP contribution in [0.2, 0.25) is 0 Å². The van der Waals surface area contributed by atoms with Gasteiger partial charge in [0.1, 0.15) is 6.61 Å². The van der Waals surface area contributed by atoms with Gasteiger partial charge in [0, 0.05) is 42.8 Å². The number of nitrogens with zero attached hydrogens (tertiary/aromatic N) is 3. The second kappa shape index (κ2) is 12.3. The van der Waals surface area contributed by atoms with Gasteiger partial charge in [-0.05, 0) is 42.3 Å². The number of carbonyl (C=O) groups is 4. The third-order valence-electron chi connectivity index (χ3n) is 6.80. The van der Waals surface area contributed by atoms with E-state index in [9.17, 15) is 19.2 Å². The maximum atomic E-state index is 13.1. The fourth-order valence-corrected chi connectivity index (χ4v) is 4.76. The standard InChI is InChI=1S/C30H30N6O5/c1-20-15-24(26(18-37)33-20)29(39)31-11-12-35(30(40)41-19-21-5-3-2-4-6-21)13-14-36-27(9-10-32-36)22-7-8-25-23(16-22)17-28(38)34-25/h2-10,15-16,18,33H,11-14,17,19H2,1H3,(H,31,39)(H,34,38). The van der Waals surface area contributed by atoms with E-state index in [1.807, 2.05) is 54.6 Å². The van der Waals surface area contributed by atoms with Gasteiger partial charge in [-0.25, -0.2) is 4.79 Å². The quantitative estimate of drug-likeness (QED) is 0.242. The van der Waals surface area contributed by atoms with Gasteiger partial charge in [-0.2, -0.15) is 5.10 Å². The molecule has 2 aromatic heterocycles. The fourth-order valence-electron chi connectivity index (χ4n) is 4.76. The maximum absolute atomic E-state index is 13.1. The molecule has 1 aliphatic rings. The van der Waals surface area contributed by atoms with Crippen LogP contribution in [0.5, 0.6) is 0 Å². The largest absolute Gasteiger partial charge is 0.445 e. The number of aryl methyl sites for hydroxylation is 1. The molecular formula is C30H30N6O5. The minimum absolute atomic E-state index is 0.0311. The molecule has 5 rings (SSSR count). The van der Waals surface area contributed by atoms with E-state index >= 15 is 0 Å². The van der Waals surface area contributed by atoms with Crippen molar-refractivity contribution in [2.24, 2.45) is 0 Å². The number of amides is 3. The second-order valence-electron chi connectivity index (χ2n) is 9.72. The smallest absolute Gasteiger partial charge is 0.410 e. The maximum Gasteiger partial charge on any atom is 0.410 e. The minimum Gasteiger partial charge on any atom is -0.445 e. The summed E-state index contributed by atoms with van der Waals surface area (Å²) in [4.78, 5) is 53.2. The summed E-state index contributed by atoms with van der Waals surface area (Å²) in [6, 6.07) is 18.6. The Labute approximate surface area is 236 Å². The van der Waals surface area contributed by atoms with Gasteiger partial charge in [-0.15, -0.1) is 0 Å². The lowest BCUT2D eigenvalue weighted by atomic mass is 10.1. The van der Waals surface area contributed by atoms with Crippen molar-refractivity contribution >= 4 is 29.9 Å². The van der Waals surface area contributed by atoms with Gasteiger partial charge in [-0.3, -0.25) is 19.1 Å². The van der Waals surface area contributed by atoms with Crippen LogP contribution in [-0.2, 0) is 29.1 Å². The molecule has 0 atom stereocenters. The van der Waals surface area contributed by atoms with Crippen molar-refractivity contribution in [3.05, 3.63) is 94.9 Å². The van der Waals surface area contributed by atoms with E-state index in [1.165, 1.54) is 4.90 Å². The molecule has 0 saturated carbocycles. The van der Waals surface area contributed by atoms with Crippen molar-refractivity contribution in [1.29, 1.82) is 0 Å². The molecule has 2 aromatic carbocycles. The molecule has 0 spiro atoms. The van der Waals surface area contributed by atoms with E-state index in [4.69, 9.17) is 4.74 Å². The Morgan fingerprint density at radius 2 is 1.95 bits per heavy atom. The van der Waals surface area contributed by atoms with Gasteiger partial charge < -0.3 is 25.3 Å². The Hall–Kier alpha value is -5.19. The van der Waals surface area contributed by atoms with Gasteiger partial charge in [0.2, 0.25) is 5.91 Å². The third kappa shape index (κ3) is 6.52. The molecule has 1 aliphatic heterocycles. The van der Waals surface area contributed by atoms with Crippen molar-refractivity contribution in [2.75, 3.05) is 25.0 Å². The van der Waals surface area contributed by atoms with Gasteiger partial charge in [0.05, 0.1) is 29.9 Å². The number of hydrogen-bond acceptors (Lipinski definition) is 6. The highest BCUT2D eigenvalue weighted by Gasteiger charge is 2.21. The van der Waals surface area contributed by atoms with Gasteiger partial charge in [0.25, 0.3) is 5.91 Å². The number of carbonyl (C=O) groups excluding carboxylic acids is 4. The summed E-state index contributed by atoms with van der Waals surface area (Å²) in [5, 5.41) is 10.1. The Morgan fingerprint density at radius 1 is 1.12 bits per heavy atom. The highest BCUT2D eigenvalue weighted by Crippen LogP contribution is 2.29. The lowest BCUT2D eigenvalue weighted by Gasteiger charge is -2.23. The van der Waals surface area contributed by atoms with Crippen LogP contribution in [0.25, 0.3) is 11.3 Å². The van der Waals surface area contributed by atoms with Crippen LogP contribution in [-0.4, -0.2) is 63.5 Å². The SMILES string of the molecule is Cc1cc(C(=O)NCCN(CCn2nccc2-c2ccc3c(c2)CC(=O)N3)C(=O)OCc2ccccc2)c(C=O)[nH]1. The van der Waals surface area contributed by atoms with Crippen LogP contribution < -0.4 is 10.6 Å². The Morgan fingerprint density at radius 3 is 2.76 bits per heavy atom. The van der Waals surface area contributed by atoms with Crippen molar-refractivity contribution in [1.82, 2.24) is 25.0 Å². The predicted octanol–water partition coefficient (Wildman–Crippen LogP) is 3.56. The highest BCUT2D eigenvalue weighted by atomic mass is 16.6. The number of benzene rings is 2. The number of rotatable bonds is 11. The van der Waals surface area contributed by atoms with E-state index in [-0.39, 0.29) is 43.4 Å². The molecular weight excluding hydrogens is 524 g/mol. The highest BCUT2D eigenvalue weighted by molar-refractivity contribution is 6.01. The summed E-state index contributed by atoms with van der Waals surface area (Å²) < 4.78 is 7.36. The Kier molecular flexibility index (Phi) is 8.23. The minimum atomic E-state index is -0.523. The fraction of sp³-hybridized carbons (Fsp3) is 0.233. The molecule has 3 N–H and O–H groups in total. The van der Waals surface area contributed by atoms with Gasteiger partial charge in [0.15, 0.2) is 6.29 Å². The van der Waals surface area contributed by atoms with Crippen LogP contribution in [0, 0.1) is 6.92 Å². The number of ether oxygens (including phenoxy) is 1. The Bertz CT molecular complexity index is 1580. The normalized spacial score (nSPS) is 12.0. The number of hydrogen-bond donors (Lipinski definition) is 3. The summed E-state index contributed by atoms with van der Waals surface area (Å²) in [6.45, 7) is 2.85. The third-order valence-corrected chi connectivity index (χ3v) is 6.80. The molecule has 3 amide bonds. The summed E-state index contributed by atoms with van der Waals surface area (Å²) in [5.41, 5.74) is 5.52. The van der Waals surface area contributed by atoms with E-state index in [2.05, 4.69) is 20.7 Å². The van der Waals surface area contributed by atoms with E-state index in [0.29, 0.717) is 24.9 Å². The number of aldehydes is 1. The van der Waals surface area contributed by atoms with Gasteiger partial charge in [-0.1, -0.05) is 36.4 Å². The second-order valence-corrected chi connectivity index (χ2v) is 9.72. The first-order valence-electron chi connectivity index (χ1n) is 13.2. The van der Waals surface area contributed by atoms with E-state index < -0.39 is 12.0 Å². The van der Waals surface area contributed by atoms with Crippen LogP contribution in [0.15, 0.2) is 66.9 Å². The average molecular weight is 555 g/mol. The zero-order chi connectivity index (χ0) is 28.8. The molecule has 3 heterocycles. The molecule has 0 saturated heterocycles.